The molecule has 4 heteroatoms. The van der Waals surface area contributed by atoms with E-state index in [0.29, 0.717) is 17.5 Å². The van der Waals surface area contributed by atoms with E-state index in [4.69, 9.17) is 0 Å². The Morgan fingerprint density at radius 2 is 1.52 bits per heavy atom. The third-order valence-corrected chi connectivity index (χ3v) is 6.43. The summed E-state index contributed by atoms with van der Waals surface area (Å²) in [6, 6.07) is 7.48. The lowest BCUT2D eigenvalue weighted by Gasteiger charge is -2.37. The first-order valence-corrected chi connectivity index (χ1v) is 8.28. The maximum atomic E-state index is 12.9. The van der Waals surface area contributed by atoms with E-state index in [1.807, 2.05) is 24.3 Å². The Hall–Kier alpha value is -1.42. The molecule has 4 aliphatic carbocycles. The molecule has 2 saturated carbocycles. The predicted octanol–water partition coefficient (Wildman–Crippen LogP) is 3.01. The molecule has 1 saturated heterocycles. The van der Waals surface area contributed by atoms with Crippen LogP contribution >= 0.6 is 15.9 Å². The molecule has 3 fully saturated rings. The maximum Gasteiger partial charge on any atom is 0.238 e. The summed E-state index contributed by atoms with van der Waals surface area (Å²) in [5.41, 5.74) is 0.690. The molecule has 0 unspecified atom stereocenters. The second-order valence-corrected chi connectivity index (χ2v) is 7.47. The summed E-state index contributed by atoms with van der Waals surface area (Å²) in [5, 5.41) is 0. The number of hydrogen-bond donors (Lipinski definition) is 0. The highest BCUT2D eigenvalue weighted by Gasteiger charge is 2.67. The number of halogens is 1. The van der Waals surface area contributed by atoms with E-state index >= 15 is 0 Å². The molecule has 6 atom stereocenters. The highest BCUT2D eigenvalue weighted by Crippen LogP contribution is 2.65. The van der Waals surface area contributed by atoms with E-state index < -0.39 is 0 Å². The lowest BCUT2D eigenvalue weighted by molar-refractivity contribution is -0.124. The number of rotatable bonds is 1. The van der Waals surface area contributed by atoms with Gasteiger partial charge in [0.15, 0.2) is 0 Å². The van der Waals surface area contributed by atoms with E-state index in [0.717, 1.165) is 4.47 Å². The van der Waals surface area contributed by atoms with Crippen molar-refractivity contribution in [1.29, 1.82) is 0 Å². The van der Waals surface area contributed by atoms with Gasteiger partial charge >= 0.3 is 0 Å². The van der Waals surface area contributed by atoms with Gasteiger partial charge in [-0.2, -0.15) is 0 Å². The van der Waals surface area contributed by atoms with Crippen molar-refractivity contribution in [3.63, 3.8) is 0 Å². The summed E-state index contributed by atoms with van der Waals surface area (Å²) in [4.78, 5) is 27.2. The standard InChI is InChI=1S/C17H14BrNO2/c18-12-3-1-2-4-13(12)19-16(20)14-8-5-6-9(11-7-10(8)11)15(14)17(19)21/h1-6,8-11,14-15H,7H2/t8-,9-,10-,11-,14-,15+/m0/s1. The van der Waals surface area contributed by atoms with Crippen LogP contribution in [-0.2, 0) is 9.59 Å². The molecule has 0 N–H and O–H groups in total. The molecule has 3 nitrogen and oxygen atoms in total. The Morgan fingerprint density at radius 3 is 2.10 bits per heavy atom. The average molecular weight is 344 g/mol. The van der Waals surface area contributed by atoms with Crippen molar-refractivity contribution in [3.05, 3.63) is 40.9 Å². The van der Waals surface area contributed by atoms with Gasteiger partial charge in [-0.3, -0.25) is 9.59 Å². The van der Waals surface area contributed by atoms with Crippen LogP contribution in [0.4, 0.5) is 5.69 Å². The monoisotopic (exact) mass is 343 g/mol. The molecular weight excluding hydrogens is 330 g/mol. The minimum Gasteiger partial charge on any atom is -0.274 e. The number of anilines is 1. The first-order chi connectivity index (χ1) is 10.2. The molecule has 0 radical (unpaired) electrons. The highest BCUT2D eigenvalue weighted by molar-refractivity contribution is 9.10. The van der Waals surface area contributed by atoms with E-state index in [2.05, 4.69) is 28.1 Å². The van der Waals surface area contributed by atoms with Gasteiger partial charge in [-0.1, -0.05) is 24.3 Å². The lowest BCUT2D eigenvalue weighted by Crippen LogP contribution is -2.40. The van der Waals surface area contributed by atoms with Crippen LogP contribution in [0.2, 0.25) is 0 Å². The number of carbonyl (C=O) groups is 2. The highest BCUT2D eigenvalue weighted by atomic mass is 79.9. The molecule has 106 valence electrons. The first-order valence-electron chi connectivity index (χ1n) is 7.49. The van der Waals surface area contributed by atoms with Crippen molar-refractivity contribution in [2.75, 3.05) is 4.90 Å². The summed E-state index contributed by atoms with van der Waals surface area (Å²) >= 11 is 3.47. The second-order valence-electron chi connectivity index (χ2n) is 6.62. The molecule has 21 heavy (non-hydrogen) atoms. The quantitative estimate of drug-likeness (QED) is 0.580. The largest absolute Gasteiger partial charge is 0.274 e. The minimum atomic E-state index is -0.122. The molecule has 6 rings (SSSR count). The van der Waals surface area contributed by atoms with Crippen molar-refractivity contribution in [3.8, 4) is 0 Å². The Labute approximate surface area is 131 Å². The van der Waals surface area contributed by atoms with Gasteiger partial charge in [0.1, 0.15) is 0 Å². The molecule has 0 aromatic heterocycles. The number of amides is 2. The van der Waals surface area contributed by atoms with Crippen molar-refractivity contribution < 1.29 is 9.59 Å². The van der Waals surface area contributed by atoms with Crippen LogP contribution in [0, 0.1) is 35.5 Å². The van der Waals surface area contributed by atoms with Crippen LogP contribution in [-0.4, -0.2) is 11.8 Å². The zero-order valence-corrected chi connectivity index (χ0v) is 12.9. The third kappa shape index (κ3) is 1.39. The molecule has 2 amide bonds. The number of carbonyl (C=O) groups excluding carboxylic acids is 2. The number of benzene rings is 1. The van der Waals surface area contributed by atoms with Crippen LogP contribution in [0.5, 0.6) is 0 Å². The van der Waals surface area contributed by atoms with Gasteiger partial charge in [-0.25, -0.2) is 4.90 Å². The SMILES string of the molecule is O=C1[C@@H]2[C@H]3C=C[C@@H]([C@@H]4C[C@@H]34)[C@@H]2C(=O)N1c1ccccc1Br. The van der Waals surface area contributed by atoms with E-state index in [-0.39, 0.29) is 35.5 Å². The average Bonchev–Trinajstić information content (AvgIpc) is 3.26. The Kier molecular flexibility index (Phi) is 2.23. The van der Waals surface area contributed by atoms with Crippen molar-refractivity contribution in [2.45, 2.75) is 6.42 Å². The van der Waals surface area contributed by atoms with Gasteiger partial charge in [0, 0.05) is 4.47 Å². The fourth-order valence-electron chi connectivity index (χ4n) is 4.83. The Bertz CT molecular complexity index is 676. The molecule has 1 heterocycles. The number of hydrogen-bond acceptors (Lipinski definition) is 2. The molecular formula is C17H14BrNO2. The smallest absolute Gasteiger partial charge is 0.238 e. The first kappa shape index (κ1) is 12.2. The fourth-order valence-corrected chi connectivity index (χ4v) is 5.29. The summed E-state index contributed by atoms with van der Waals surface area (Å²) < 4.78 is 0.802. The maximum absolute atomic E-state index is 12.9. The van der Waals surface area contributed by atoms with Crippen LogP contribution in [0.25, 0.3) is 0 Å². The molecule has 1 aromatic rings. The number of nitrogens with zero attached hydrogens (tertiary/aromatic N) is 1. The van der Waals surface area contributed by atoms with E-state index in [1.165, 1.54) is 11.3 Å². The molecule has 5 aliphatic rings. The normalized spacial score (nSPS) is 42.2. The van der Waals surface area contributed by atoms with Crippen molar-refractivity contribution >= 4 is 33.4 Å². The second kappa shape index (κ2) is 3.86. The van der Waals surface area contributed by atoms with Gasteiger partial charge in [-0.05, 0) is 58.2 Å². The summed E-state index contributed by atoms with van der Waals surface area (Å²) in [6.45, 7) is 0. The minimum absolute atomic E-state index is 0.00148. The fraction of sp³-hybridized carbons (Fsp3) is 0.412. The topological polar surface area (TPSA) is 37.4 Å². The van der Waals surface area contributed by atoms with Crippen molar-refractivity contribution in [1.82, 2.24) is 0 Å². The summed E-state index contributed by atoms with van der Waals surface area (Å²) in [6.07, 6.45) is 5.61. The van der Waals surface area contributed by atoms with Crippen LogP contribution in [0.3, 0.4) is 0 Å². The van der Waals surface area contributed by atoms with E-state index in [1.54, 1.807) is 0 Å². The zero-order valence-electron chi connectivity index (χ0n) is 11.3. The van der Waals surface area contributed by atoms with Gasteiger partial charge in [0.2, 0.25) is 11.8 Å². The van der Waals surface area contributed by atoms with Gasteiger partial charge in [0.25, 0.3) is 0 Å². The van der Waals surface area contributed by atoms with Gasteiger partial charge in [-0.15, -0.1) is 0 Å². The Morgan fingerprint density at radius 1 is 0.952 bits per heavy atom. The molecule has 1 aromatic carbocycles. The molecule has 0 spiro atoms. The van der Waals surface area contributed by atoms with Crippen LogP contribution in [0.1, 0.15) is 6.42 Å². The summed E-state index contributed by atoms with van der Waals surface area (Å²) in [7, 11) is 0. The van der Waals surface area contributed by atoms with Crippen LogP contribution in [0.15, 0.2) is 40.9 Å². The Balaban J connectivity index is 1.62. The number of imide groups is 1. The van der Waals surface area contributed by atoms with Gasteiger partial charge < -0.3 is 0 Å². The lowest BCUT2D eigenvalue weighted by atomic mass is 9.63. The van der Waals surface area contributed by atoms with Crippen LogP contribution < -0.4 is 4.90 Å². The predicted molar refractivity (Wildman–Crippen MR) is 81.3 cm³/mol. The molecule has 1 aliphatic heterocycles. The summed E-state index contributed by atoms with van der Waals surface area (Å²) in [5.74, 6) is 1.63. The van der Waals surface area contributed by atoms with E-state index in [9.17, 15) is 9.59 Å². The third-order valence-electron chi connectivity index (χ3n) is 5.76. The van der Waals surface area contributed by atoms with Crippen molar-refractivity contribution in [2.24, 2.45) is 35.5 Å². The molecule has 2 bridgehead atoms. The number of allylic oxidation sites excluding steroid dienone is 2. The zero-order chi connectivity index (χ0) is 14.3. The number of para-hydroxylation sites is 1. The van der Waals surface area contributed by atoms with Gasteiger partial charge in [0.05, 0.1) is 17.5 Å².